The molecular weight excluding hydrogens is 554 g/mol. The molecule has 2 heterocycles. The maximum Gasteiger partial charge on any atom is 0.398 e. The van der Waals surface area contributed by atoms with Crippen LogP contribution >= 0.6 is 23.2 Å². The summed E-state index contributed by atoms with van der Waals surface area (Å²) in [6, 6.07) is 5.71. The van der Waals surface area contributed by atoms with Crippen LogP contribution in [0.15, 0.2) is 30.3 Å². The molecule has 0 saturated carbocycles. The van der Waals surface area contributed by atoms with Crippen molar-refractivity contribution in [3.8, 4) is 0 Å². The first-order chi connectivity index (χ1) is 17.0. The van der Waals surface area contributed by atoms with E-state index in [0.29, 0.717) is 11.1 Å². The first-order valence-electron chi connectivity index (χ1n) is 10.8. The zero-order valence-corrected chi connectivity index (χ0v) is 20.5. The summed E-state index contributed by atoms with van der Waals surface area (Å²) in [5, 5.41) is -1.23. The second kappa shape index (κ2) is 9.13. The normalized spacial score (nSPS) is 18.4. The molecule has 4 nitrogen and oxygen atoms in total. The molecule has 0 aromatic heterocycles. The molecule has 0 unspecified atom stereocenters. The molecule has 0 bridgehead atoms. The SMILES string of the molecule is C[C@@](CC(=O)c1ccc2c(c1)COC21CN(C(=O)CC(F)(F)F)C1)(c1cc(Cl)c(F)c(Cl)c1)C(F)(F)F. The molecule has 13 heteroatoms. The summed E-state index contributed by atoms with van der Waals surface area (Å²) in [5.74, 6) is -3.03. The molecule has 1 saturated heterocycles. The molecule has 200 valence electrons. The quantitative estimate of drug-likeness (QED) is 0.227. The van der Waals surface area contributed by atoms with Gasteiger partial charge in [-0.2, -0.15) is 26.3 Å². The Hall–Kier alpha value is -2.37. The number of nitrogens with zero attached hydrogens (tertiary/aromatic N) is 1. The molecule has 2 aromatic carbocycles. The summed E-state index contributed by atoms with van der Waals surface area (Å²) in [6.45, 7) is 0.537. The van der Waals surface area contributed by atoms with Crippen molar-refractivity contribution in [2.24, 2.45) is 0 Å². The van der Waals surface area contributed by atoms with E-state index in [9.17, 15) is 40.3 Å². The van der Waals surface area contributed by atoms with Gasteiger partial charge < -0.3 is 9.64 Å². The van der Waals surface area contributed by atoms with Crippen molar-refractivity contribution in [2.75, 3.05) is 13.1 Å². The van der Waals surface area contributed by atoms with E-state index in [1.807, 2.05) is 0 Å². The first kappa shape index (κ1) is 27.7. The van der Waals surface area contributed by atoms with E-state index in [2.05, 4.69) is 0 Å². The van der Waals surface area contributed by atoms with Gasteiger partial charge in [0, 0.05) is 12.0 Å². The molecule has 2 aliphatic heterocycles. The molecule has 1 fully saturated rings. The van der Waals surface area contributed by atoms with Gasteiger partial charge in [-0.1, -0.05) is 35.3 Å². The standard InChI is InChI=1S/C24H18Cl2F7NO3/c1-21(24(31,32)33,14-5-16(25)20(27)17(26)6-14)7-18(35)12-2-3-15-13(4-12)9-37-22(15)10-34(11-22)19(36)8-23(28,29)30/h2-6H,7-11H2,1H3/t21-/m1/s1. The Bertz CT molecular complexity index is 1250. The van der Waals surface area contributed by atoms with E-state index in [1.54, 1.807) is 0 Å². The molecule has 4 rings (SSSR count). The van der Waals surface area contributed by atoms with Gasteiger partial charge in [0.2, 0.25) is 5.91 Å². The minimum absolute atomic E-state index is 0.0303. The van der Waals surface area contributed by atoms with Gasteiger partial charge in [0.1, 0.15) is 12.0 Å². The largest absolute Gasteiger partial charge is 0.398 e. The van der Waals surface area contributed by atoms with Crippen molar-refractivity contribution in [2.45, 2.75) is 49.7 Å². The van der Waals surface area contributed by atoms with Crippen molar-refractivity contribution in [1.82, 2.24) is 4.90 Å². The molecule has 1 amide bonds. The van der Waals surface area contributed by atoms with Crippen molar-refractivity contribution in [3.63, 3.8) is 0 Å². The number of alkyl halides is 6. The van der Waals surface area contributed by atoms with Crippen LogP contribution in [-0.4, -0.2) is 42.0 Å². The Morgan fingerprint density at radius 2 is 1.59 bits per heavy atom. The van der Waals surface area contributed by atoms with Gasteiger partial charge in [0.25, 0.3) is 0 Å². The van der Waals surface area contributed by atoms with E-state index in [1.165, 1.54) is 18.2 Å². The van der Waals surface area contributed by atoms with Crippen molar-refractivity contribution >= 4 is 34.9 Å². The molecule has 0 N–H and O–H groups in total. The van der Waals surface area contributed by atoms with Crippen LogP contribution in [0.3, 0.4) is 0 Å². The second-order valence-corrected chi connectivity index (χ2v) is 10.2. The fourth-order valence-electron chi connectivity index (χ4n) is 4.58. The van der Waals surface area contributed by atoms with Gasteiger partial charge in [-0.15, -0.1) is 0 Å². The minimum atomic E-state index is -4.92. The Balaban J connectivity index is 1.55. The molecule has 0 aliphatic carbocycles. The van der Waals surface area contributed by atoms with E-state index in [0.717, 1.165) is 24.0 Å². The molecule has 1 atom stereocenters. The molecule has 37 heavy (non-hydrogen) atoms. The fraction of sp³-hybridized carbons (Fsp3) is 0.417. The number of hydrogen-bond donors (Lipinski definition) is 0. The van der Waals surface area contributed by atoms with Crippen LogP contribution in [-0.2, 0) is 27.2 Å². The number of ether oxygens (including phenoxy) is 1. The number of ketones is 1. The van der Waals surface area contributed by atoms with Crippen LogP contribution in [0, 0.1) is 5.82 Å². The zero-order valence-electron chi connectivity index (χ0n) is 19.0. The average Bonchev–Trinajstić information content (AvgIpc) is 3.13. The Morgan fingerprint density at radius 1 is 1.00 bits per heavy atom. The summed E-state index contributed by atoms with van der Waals surface area (Å²) < 4.78 is 99.5. The van der Waals surface area contributed by atoms with Crippen LogP contribution in [0.5, 0.6) is 0 Å². The number of carbonyl (C=O) groups is 2. The summed E-state index contributed by atoms with van der Waals surface area (Å²) in [4.78, 5) is 25.8. The number of hydrogen-bond acceptors (Lipinski definition) is 3. The molecule has 2 aromatic rings. The summed E-state index contributed by atoms with van der Waals surface area (Å²) in [7, 11) is 0. The highest BCUT2D eigenvalue weighted by atomic mass is 35.5. The van der Waals surface area contributed by atoms with Crippen LogP contribution in [0.2, 0.25) is 10.0 Å². The topological polar surface area (TPSA) is 46.6 Å². The number of fused-ring (bicyclic) bond motifs is 2. The van der Waals surface area contributed by atoms with Crippen LogP contribution in [0.4, 0.5) is 30.7 Å². The van der Waals surface area contributed by atoms with E-state index in [4.69, 9.17) is 27.9 Å². The van der Waals surface area contributed by atoms with E-state index < -0.39 is 69.3 Å². The third kappa shape index (κ3) is 5.05. The first-order valence-corrected chi connectivity index (χ1v) is 11.6. The highest BCUT2D eigenvalue weighted by molar-refractivity contribution is 6.35. The van der Waals surface area contributed by atoms with Gasteiger partial charge in [-0.3, -0.25) is 9.59 Å². The van der Waals surface area contributed by atoms with Crippen LogP contribution in [0.25, 0.3) is 0 Å². The lowest BCUT2D eigenvalue weighted by molar-refractivity contribution is -0.185. The highest BCUT2D eigenvalue weighted by Gasteiger charge is 2.55. The summed E-state index contributed by atoms with van der Waals surface area (Å²) in [6.07, 6.45) is -12.2. The van der Waals surface area contributed by atoms with Gasteiger partial charge in [-0.05, 0) is 41.8 Å². The number of carbonyl (C=O) groups excluding carboxylic acids is 2. The highest BCUT2D eigenvalue weighted by Crippen LogP contribution is 2.47. The Kier molecular flexibility index (Phi) is 6.82. The molecular formula is C24H18Cl2F7NO3. The maximum atomic E-state index is 14.2. The maximum absolute atomic E-state index is 14.2. The molecule has 0 radical (unpaired) electrons. The van der Waals surface area contributed by atoms with Gasteiger partial charge in [-0.25, -0.2) is 4.39 Å². The number of Topliss-reactive ketones (excluding diaryl/α,β-unsaturated/α-hetero) is 1. The minimum Gasteiger partial charge on any atom is -0.362 e. The third-order valence-corrected chi connectivity index (χ3v) is 7.33. The number of amides is 1. The second-order valence-electron chi connectivity index (χ2n) is 9.38. The lowest BCUT2D eigenvalue weighted by atomic mass is 9.76. The van der Waals surface area contributed by atoms with Gasteiger partial charge in [0.15, 0.2) is 11.6 Å². The zero-order chi connectivity index (χ0) is 27.6. The predicted molar refractivity (Wildman–Crippen MR) is 119 cm³/mol. The molecule has 2 aliphatic rings. The number of benzene rings is 2. The number of likely N-dealkylation sites (tertiary alicyclic amines) is 1. The smallest absolute Gasteiger partial charge is 0.362 e. The monoisotopic (exact) mass is 571 g/mol. The van der Waals surface area contributed by atoms with Crippen molar-refractivity contribution < 1.29 is 45.1 Å². The fourth-order valence-corrected chi connectivity index (χ4v) is 5.07. The summed E-state index contributed by atoms with van der Waals surface area (Å²) >= 11 is 11.4. The third-order valence-electron chi connectivity index (χ3n) is 6.78. The Morgan fingerprint density at radius 3 is 2.14 bits per heavy atom. The van der Waals surface area contributed by atoms with Gasteiger partial charge in [0.05, 0.1) is 35.2 Å². The Labute approximate surface area is 216 Å². The van der Waals surface area contributed by atoms with Gasteiger partial charge >= 0.3 is 12.4 Å². The lowest BCUT2D eigenvalue weighted by Crippen LogP contribution is -2.61. The van der Waals surface area contributed by atoms with Crippen LogP contribution < -0.4 is 0 Å². The number of rotatable bonds is 5. The van der Waals surface area contributed by atoms with E-state index >= 15 is 0 Å². The predicted octanol–water partition coefficient (Wildman–Crippen LogP) is 6.75. The van der Waals surface area contributed by atoms with Crippen molar-refractivity contribution in [3.05, 3.63) is 68.4 Å². The summed E-state index contributed by atoms with van der Waals surface area (Å²) in [5.41, 5.74) is -3.26. The number of halogens is 9. The van der Waals surface area contributed by atoms with E-state index in [-0.39, 0.29) is 25.3 Å². The lowest BCUT2D eigenvalue weighted by Gasteiger charge is -2.47. The van der Waals surface area contributed by atoms with Crippen LogP contribution in [0.1, 0.15) is 46.8 Å². The average molecular weight is 572 g/mol. The molecule has 1 spiro atoms. The van der Waals surface area contributed by atoms with Crippen molar-refractivity contribution in [1.29, 1.82) is 0 Å².